The van der Waals surface area contributed by atoms with Crippen LogP contribution in [0.5, 0.6) is 0 Å². The van der Waals surface area contributed by atoms with E-state index in [-0.39, 0.29) is 5.33 Å². The number of halogens is 1. The fourth-order valence-corrected chi connectivity index (χ4v) is 2.08. The van der Waals surface area contributed by atoms with Gasteiger partial charge in [-0.1, -0.05) is 22.9 Å². The highest BCUT2D eigenvalue weighted by molar-refractivity contribution is 9.09. The van der Waals surface area contributed by atoms with Crippen molar-refractivity contribution in [1.29, 1.82) is 5.26 Å². The Kier molecular flexibility index (Phi) is 4.88. The molecule has 0 aliphatic heterocycles. The van der Waals surface area contributed by atoms with Crippen LogP contribution in [0.4, 0.5) is 5.69 Å². The van der Waals surface area contributed by atoms with E-state index < -0.39 is 11.5 Å². The molecule has 0 spiro atoms. The third kappa shape index (κ3) is 3.09. The van der Waals surface area contributed by atoms with Crippen LogP contribution in [-0.4, -0.2) is 21.9 Å². The highest BCUT2D eigenvalue weighted by atomic mass is 79.9. The zero-order valence-electron chi connectivity index (χ0n) is 10.3. The predicted octanol–water partition coefficient (Wildman–Crippen LogP) is 2.34. The first-order valence-electron chi connectivity index (χ1n) is 5.57. The number of nitrogens with zero attached hydrogens (tertiary/aromatic N) is 1. The lowest BCUT2D eigenvalue weighted by atomic mass is 10.0. The summed E-state index contributed by atoms with van der Waals surface area (Å²) in [6.07, 6.45) is 0.319. The van der Waals surface area contributed by atoms with Crippen LogP contribution >= 0.6 is 15.9 Å². The summed E-state index contributed by atoms with van der Waals surface area (Å²) in [5.41, 5.74) is 0.514. The average molecular weight is 311 g/mol. The van der Waals surface area contributed by atoms with Crippen LogP contribution in [0.2, 0.25) is 0 Å². The Bertz CT molecular complexity index is 490. The molecule has 2 N–H and O–H groups in total. The van der Waals surface area contributed by atoms with Gasteiger partial charge in [-0.3, -0.25) is 4.79 Å². The number of rotatable bonds is 4. The summed E-state index contributed by atoms with van der Waals surface area (Å²) in [5, 5.41) is 21.7. The molecule has 96 valence electrons. The van der Waals surface area contributed by atoms with E-state index in [4.69, 9.17) is 5.26 Å². The summed E-state index contributed by atoms with van der Waals surface area (Å²) < 4.78 is 0. The predicted molar refractivity (Wildman–Crippen MR) is 73.6 cm³/mol. The first-order valence-corrected chi connectivity index (χ1v) is 6.69. The number of amides is 1. The van der Waals surface area contributed by atoms with Crippen LogP contribution in [0.1, 0.15) is 24.5 Å². The van der Waals surface area contributed by atoms with Gasteiger partial charge in [0.15, 0.2) is 5.60 Å². The number of hydrogen-bond acceptors (Lipinski definition) is 3. The maximum atomic E-state index is 11.9. The van der Waals surface area contributed by atoms with Crippen molar-refractivity contribution >= 4 is 27.5 Å². The number of aliphatic hydroxyl groups is 1. The van der Waals surface area contributed by atoms with Gasteiger partial charge in [-0.05, 0) is 37.1 Å². The lowest BCUT2D eigenvalue weighted by molar-refractivity contribution is -0.131. The molecule has 0 bridgehead atoms. The number of hydrogen-bond donors (Lipinski definition) is 2. The molecule has 0 saturated carbocycles. The maximum absolute atomic E-state index is 11.9. The molecule has 1 aromatic carbocycles. The topological polar surface area (TPSA) is 73.1 Å². The molecule has 5 heteroatoms. The summed E-state index contributed by atoms with van der Waals surface area (Å²) in [5.74, 6) is -0.453. The minimum atomic E-state index is -1.41. The molecule has 1 aromatic rings. The van der Waals surface area contributed by atoms with Crippen molar-refractivity contribution < 1.29 is 9.90 Å². The zero-order valence-corrected chi connectivity index (χ0v) is 11.9. The van der Waals surface area contributed by atoms with E-state index >= 15 is 0 Å². The summed E-state index contributed by atoms with van der Waals surface area (Å²) in [6, 6.07) is 7.06. The highest BCUT2D eigenvalue weighted by Crippen LogP contribution is 2.19. The zero-order chi connectivity index (χ0) is 13.8. The number of alkyl halides is 1. The summed E-state index contributed by atoms with van der Waals surface area (Å²) in [4.78, 5) is 11.9. The minimum absolute atomic E-state index is 0.178. The molecule has 0 heterocycles. The molecule has 1 rings (SSSR count). The van der Waals surface area contributed by atoms with Gasteiger partial charge in [0.2, 0.25) is 0 Å². The van der Waals surface area contributed by atoms with Crippen LogP contribution in [0, 0.1) is 18.3 Å². The highest BCUT2D eigenvalue weighted by Gasteiger charge is 2.32. The number of nitriles is 1. The molecule has 1 amide bonds. The second kappa shape index (κ2) is 5.98. The fraction of sp³-hybridized carbons (Fsp3) is 0.385. The molecule has 0 radical (unpaired) electrons. The van der Waals surface area contributed by atoms with E-state index in [1.165, 1.54) is 0 Å². The van der Waals surface area contributed by atoms with Gasteiger partial charge in [0, 0.05) is 11.0 Å². The fourth-order valence-electron chi connectivity index (χ4n) is 1.43. The number of nitrogens with one attached hydrogen (secondary N) is 1. The Hall–Kier alpha value is -1.38. The Morgan fingerprint density at radius 3 is 2.72 bits per heavy atom. The molecular formula is C13H15BrN2O2. The van der Waals surface area contributed by atoms with Crippen LogP contribution in [0.15, 0.2) is 18.2 Å². The SMILES string of the molecule is CC[C@](O)(CBr)C(=O)Nc1ccc(C#N)c(C)c1. The molecular weight excluding hydrogens is 296 g/mol. The lowest BCUT2D eigenvalue weighted by Gasteiger charge is -2.23. The molecule has 0 aliphatic carbocycles. The van der Waals surface area contributed by atoms with E-state index in [0.29, 0.717) is 17.7 Å². The van der Waals surface area contributed by atoms with Gasteiger partial charge in [-0.15, -0.1) is 0 Å². The van der Waals surface area contributed by atoms with Crippen LogP contribution < -0.4 is 5.32 Å². The number of carbonyl (C=O) groups is 1. The summed E-state index contributed by atoms with van der Waals surface area (Å²) >= 11 is 3.13. The summed E-state index contributed by atoms with van der Waals surface area (Å²) in [6.45, 7) is 3.54. The van der Waals surface area contributed by atoms with Crippen LogP contribution in [0.25, 0.3) is 0 Å². The Morgan fingerprint density at radius 2 is 2.28 bits per heavy atom. The molecule has 0 unspecified atom stereocenters. The largest absolute Gasteiger partial charge is 0.379 e. The van der Waals surface area contributed by atoms with E-state index in [2.05, 4.69) is 27.3 Å². The van der Waals surface area contributed by atoms with E-state index in [1.54, 1.807) is 32.0 Å². The quantitative estimate of drug-likeness (QED) is 0.838. The van der Waals surface area contributed by atoms with Crippen molar-refractivity contribution in [3.63, 3.8) is 0 Å². The number of anilines is 1. The van der Waals surface area contributed by atoms with Gasteiger partial charge < -0.3 is 10.4 Å². The van der Waals surface area contributed by atoms with Crippen LogP contribution in [0.3, 0.4) is 0 Å². The molecule has 0 saturated heterocycles. The van der Waals surface area contributed by atoms with Gasteiger partial charge in [0.05, 0.1) is 11.6 Å². The van der Waals surface area contributed by atoms with Crippen molar-refractivity contribution in [2.45, 2.75) is 25.9 Å². The molecule has 1 atom stereocenters. The van der Waals surface area contributed by atoms with E-state index in [0.717, 1.165) is 5.56 Å². The number of carbonyl (C=O) groups excluding carboxylic acids is 1. The monoisotopic (exact) mass is 310 g/mol. The van der Waals surface area contributed by atoms with Gasteiger partial charge in [-0.25, -0.2) is 0 Å². The van der Waals surface area contributed by atoms with Gasteiger partial charge in [0.1, 0.15) is 0 Å². The van der Waals surface area contributed by atoms with E-state index in [1.807, 2.05) is 0 Å². The standard InChI is InChI=1S/C13H15BrN2O2/c1-3-13(18,8-14)12(17)16-11-5-4-10(7-15)9(2)6-11/h4-6,18H,3,8H2,1-2H3,(H,16,17)/t13-/m0/s1. The molecule has 0 fully saturated rings. The smallest absolute Gasteiger partial charge is 0.257 e. The lowest BCUT2D eigenvalue weighted by Crippen LogP contribution is -2.44. The normalized spacial score (nSPS) is 13.5. The van der Waals surface area contributed by atoms with Crippen LogP contribution in [-0.2, 0) is 4.79 Å². The summed E-state index contributed by atoms with van der Waals surface area (Å²) in [7, 11) is 0. The Morgan fingerprint density at radius 1 is 1.61 bits per heavy atom. The van der Waals surface area contributed by atoms with E-state index in [9.17, 15) is 9.90 Å². The molecule has 18 heavy (non-hydrogen) atoms. The van der Waals surface area contributed by atoms with Crippen molar-refractivity contribution in [3.05, 3.63) is 29.3 Å². The molecule has 0 aromatic heterocycles. The molecule has 4 nitrogen and oxygen atoms in total. The van der Waals surface area contributed by atoms with Gasteiger partial charge in [-0.2, -0.15) is 5.26 Å². The van der Waals surface area contributed by atoms with Gasteiger partial charge in [0.25, 0.3) is 5.91 Å². The second-order valence-corrected chi connectivity index (χ2v) is 4.68. The number of aryl methyl sites for hydroxylation is 1. The van der Waals surface area contributed by atoms with Gasteiger partial charge >= 0.3 is 0 Å². The maximum Gasteiger partial charge on any atom is 0.257 e. The van der Waals surface area contributed by atoms with Crippen molar-refractivity contribution in [2.75, 3.05) is 10.6 Å². The van der Waals surface area contributed by atoms with Crippen molar-refractivity contribution in [3.8, 4) is 6.07 Å². The molecule has 0 aliphatic rings. The third-order valence-corrected chi connectivity index (χ3v) is 3.76. The Labute approximate surface area is 115 Å². The first-order chi connectivity index (χ1) is 8.46. The first kappa shape index (κ1) is 14.7. The minimum Gasteiger partial charge on any atom is -0.379 e. The Balaban J connectivity index is 2.90. The van der Waals surface area contributed by atoms with Crippen molar-refractivity contribution in [1.82, 2.24) is 0 Å². The third-order valence-electron chi connectivity index (χ3n) is 2.83. The van der Waals surface area contributed by atoms with Crippen molar-refractivity contribution in [2.24, 2.45) is 0 Å². The second-order valence-electron chi connectivity index (χ2n) is 4.11. The average Bonchev–Trinajstić information content (AvgIpc) is 2.38. The number of benzene rings is 1.